The van der Waals surface area contributed by atoms with Crippen LogP contribution in [0.3, 0.4) is 0 Å². The number of benzene rings is 1. The molecule has 1 saturated carbocycles. The molecule has 1 aliphatic rings. The Hall–Kier alpha value is -3.16. The van der Waals surface area contributed by atoms with E-state index in [4.69, 9.17) is 0 Å². The minimum Gasteiger partial charge on any atom is -0.369 e. The van der Waals surface area contributed by atoms with Crippen LogP contribution in [0.25, 0.3) is 6.08 Å². The second-order valence-electron chi connectivity index (χ2n) is 7.73. The first kappa shape index (κ1) is 21.5. The number of carbonyl (C=O) groups is 1. The van der Waals surface area contributed by atoms with Crippen molar-refractivity contribution in [2.75, 3.05) is 17.3 Å². The maximum Gasteiger partial charge on any atom is 0.330 e. The minimum absolute atomic E-state index is 0.199. The van der Waals surface area contributed by atoms with E-state index in [1.807, 2.05) is 11.9 Å². The number of anilines is 2. The number of aryl methyl sites for hydroxylation is 1. The molecule has 1 heterocycles. The maximum atomic E-state index is 14.6. The van der Waals surface area contributed by atoms with Crippen LogP contribution < -0.4 is 21.5 Å². The fourth-order valence-electron chi connectivity index (χ4n) is 3.84. The molecule has 1 N–H and O–H groups in total. The third kappa shape index (κ3) is 4.69. The molecule has 0 saturated heterocycles. The van der Waals surface area contributed by atoms with Gasteiger partial charge in [-0.2, -0.15) is 0 Å². The summed E-state index contributed by atoms with van der Waals surface area (Å²) in [4.78, 5) is 38.0. The van der Waals surface area contributed by atoms with Gasteiger partial charge in [0.15, 0.2) is 0 Å². The summed E-state index contributed by atoms with van der Waals surface area (Å²) in [5.41, 5.74) is 0.101. The summed E-state index contributed by atoms with van der Waals surface area (Å²) in [6.45, 7) is 0. The van der Waals surface area contributed by atoms with Crippen LogP contribution in [-0.4, -0.2) is 28.1 Å². The first-order chi connectivity index (χ1) is 14.3. The second-order valence-corrected chi connectivity index (χ2v) is 7.73. The molecule has 7 nitrogen and oxygen atoms in total. The zero-order valence-electron chi connectivity index (χ0n) is 17.5. The van der Waals surface area contributed by atoms with Crippen molar-refractivity contribution in [3.63, 3.8) is 0 Å². The highest BCUT2D eigenvalue weighted by Crippen LogP contribution is 2.29. The fraction of sp³-hybridized carbons (Fsp3) is 0.409. The summed E-state index contributed by atoms with van der Waals surface area (Å²) in [7, 11) is 4.80. The Labute approximate surface area is 174 Å². The molecule has 1 amide bonds. The van der Waals surface area contributed by atoms with Gasteiger partial charge in [0.1, 0.15) is 5.82 Å². The Bertz CT molecular complexity index is 1080. The van der Waals surface area contributed by atoms with Crippen LogP contribution in [0.15, 0.2) is 40.1 Å². The lowest BCUT2D eigenvalue weighted by Gasteiger charge is -2.33. The maximum absolute atomic E-state index is 14.6. The molecule has 30 heavy (non-hydrogen) atoms. The number of nitrogens with zero attached hydrogens (tertiary/aromatic N) is 3. The van der Waals surface area contributed by atoms with E-state index >= 15 is 0 Å². The number of nitrogens with one attached hydrogen (secondary N) is 1. The summed E-state index contributed by atoms with van der Waals surface area (Å²) in [6.07, 6.45) is 9.56. The molecule has 8 heteroatoms. The van der Waals surface area contributed by atoms with Gasteiger partial charge in [-0.3, -0.25) is 14.2 Å². The quantitative estimate of drug-likeness (QED) is 0.764. The Balaban J connectivity index is 1.70. The Morgan fingerprint density at radius 2 is 1.90 bits per heavy atom. The monoisotopic (exact) mass is 414 g/mol. The van der Waals surface area contributed by atoms with Gasteiger partial charge in [-0.25, -0.2) is 9.18 Å². The normalized spacial score (nSPS) is 14.8. The van der Waals surface area contributed by atoms with E-state index in [9.17, 15) is 18.8 Å². The number of aromatic nitrogens is 2. The van der Waals surface area contributed by atoms with Crippen LogP contribution in [0.1, 0.15) is 37.7 Å². The summed E-state index contributed by atoms with van der Waals surface area (Å²) in [6, 6.07) is 4.97. The minimum atomic E-state index is -0.501. The van der Waals surface area contributed by atoms with Crippen molar-refractivity contribution in [2.45, 2.75) is 38.1 Å². The Morgan fingerprint density at radius 3 is 2.57 bits per heavy atom. The standard InChI is InChI=1S/C22H27FN4O3/c1-25-14-15(21(29)27(3)22(25)30)9-12-20(28)24-16-10-11-19(18(23)13-16)26(2)17-7-5-4-6-8-17/h9-14,17H,4-8H2,1-3H3,(H,24,28). The lowest BCUT2D eigenvalue weighted by molar-refractivity contribution is -0.111. The van der Waals surface area contributed by atoms with Crippen LogP contribution in [0.2, 0.25) is 0 Å². The highest BCUT2D eigenvalue weighted by atomic mass is 19.1. The summed E-state index contributed by atoms with van der Waals surface area (Å²) < 4.78 is 16.9. The van der Waals surface area contributed by atoms with E-state index in [0.717, 1.165) is 30.3 Å². The van der Waals surface area contributed by atoms with Gasteiger partial charge in [-0.1, -0.05) is 19.3 Å². The molecule has 0 atom stereocenters. The molecule has 0 spiro atoms. The van der Waals surface area contributed by atoms with Gasteiger partial charge in [0.2, 0.25) is 5.91 Å². The van der Waals surface area contributed by atoms with Crippen molar-refractivity contribution < 1.29 is 9.18 Å². The van der Waals surface area contributed by atoms with Gasteiger partial charge in [0, 0.05) is 45.1 Å². The van der Waals surface area contributed by atoms with Crippen LogP contribution in [0.5, 0.6) is 0 Å². The third-order valence-electron chi connectivity index (χ3n) is 5.60. The summed E-state index contributed by atoms with van der Waals surface area (Å²) in [5.74, 6) is -0.893. The molecular formula is C22H27FN4O3. The third-order valence-corrected chi connectivity index (χ3v) is 5.60. The number of carbonyl (C=O) groups excluding carboxylic acids is 1. The fourth-order valence-corrected chi connectivity index (χ4v) is 3.84. The molecule has 0 bridgehead atoms. The van der Waals surface area contributed by atoms with Crippen molar-refractivity contribution in [1.29, 1.82) is 0 Å². The first-order valence-corrected chi connectivity index (χ1v) is 10.1. The zero-order chi connectivity index (χ0) is 21.8. The molecule has 1 aromatic carbocycles. The lowest BCUT2D eigenvalue weighted by Crippen LogP contribution is -2.37. The van der Waals surface area contributed by atoms with Gasteiger partial charge in [-0.05, 0) is 37.1 Å². The molecular weight excluding hydrogens is 387 g/mol. The van der Waals surface area contributed by atoms with Gasteiger partial charge >= 0.3 is 5.69 Å². The number of hydrogen-bond donors (Lipinski definition) is 1. The smallest absolute Gasteiger partial charge is 0.330 e. The van der Waals surface area contributed by atoms with Crippen molar-refractivity contribution in [3.05, 3.63) is 62.7 Å². The number of amides is 1. The van der Waals surface area contributed by atoms with Crippen LogP contribution in [0, 0.1) is 5.82 Å². The van der Waals surface area contributed by atoms with Crippen molar-refractivity contribution in [2.24, 2.45) is 14.1 Å². The van der Waals surface area contributed by atoms with E-state index < -0.39 is 23.0 Å². The Morgan fingerprint density at radius 1 is 1.20 bits per heavy atom. The molecule has 3 rings (SSSR count). The van der Waals surface area contributed by atoms with E-state index in [1.54, 1.807) is 12.1 Å². The van der Waals surface area contributed by atoms with E-state index in [-0.39, 0.29) is 5.56 Å². The molecule has 0 unspecified atom stereocenters. The SMILES string of the molecule is CN(c1ccc(NC(=O)C=Cc2cn(C)c(=O)n(C)c2=O)cc1F)C1CCCCC1. The lowest BCUT2D eigenvalue weighted by atomic mass is 9.94. The van der Waals surface area contributed by atoms with Crippen LogP contribution in [0.4, 0.5) is 15.8 Å². The molecule has 0 radical (unpaired) electrons. The number of rotatable bonds is 5. The molecule has 1 aliphatic carbocycles. The van der Waals surface area contributed by atoms with Gasteiger partial charge in [-0.15, -0.1) is 0 Å². The van der Waals surface area contributed by atoms with Crippen molar-refractivity contribution >= 4 is 23.4 Å². The first-order valence-electron chi connectivity index (χ1n) is 10.1. The zero-order valence-corrected chi connectivity index (χ0v) is 17.5. The molecule has 1 aromatic heterocycles. The van der Waals surface area contributed by atoms with Gasteiger partial charge in [0.05, 0.1) is 11.3 Å². The van der Waals surface area contributed by atoms with Crippen LogP contribution >= 0.6 is 0 Å². The predicted octanol–water partition coefficient (Wildman–Crippen LogP) is 2.64. The summed E-state index contributed by atoms with van der Waals surface area (Å²) >= 11 is 0. The average molecular weight is 414 g/mol. The highest BCUT2D eigenvalue weighted by Gasteiger charge is 2.20. The van der Waals surface area contributed by atoms with Crippen LogP contribution in [-0.2, 0) is 18.9 Å². The van der Waals surface area contributed by atoms with Crippen molar-refractivity contribution in [1.82, 2.24) is 9.13 Å². The summed E-state index contributed by atoms with van der Waals surface area (Å²) in [5, 5.41) is 2.60. The van der Waals surface area contributed by atoms with E-state index in [2.05, 4.69) is 5.32 Å². The predicted molar refractivity (Wildman–Crippen MR) is 116 cm³/mol. The number of hydrogen-bond acceptors (Lipinski definition) is 4. The van der Waals surface area contributed by atoms with Gasteiger partial charge in [0.25, 0.3) is 5.56 Å². The average Bonchev–Trinajstić information content (AvgIpc) is 2.74. The van der Waals surface area contributed by atoms with E-state index in [0.29, 0.717) is 17.4 Å². The molecule has 2 aromatic rings. The number of halogens is 1. The van der Waals surface area contributed by atoms with E-state index in [1.165, 1.54) is 49.5 Å². The molecule has 160 valence electrons. The second kappa shape index (κ2) is 9.11. The topological polar surface area (TPSA) is 76.3 Å². The largest absolute Gasteiger partial charge is 0.369 e. The molecule has 1 fully saturated rings. The Kier molecular flexibility index (Phi) is 6.54. The van der Waals surface area contributed by atoms with Gasteiger partial charge < -0.3 is 14.8 Å². The molecule has 0 aliphatic heterocycles. The highest BCUT2D eigenvalue weighted by molar-refractivity contribution is 6.01. The van der Waals surface area contributed by atoms with Crippen molar-refractivity contribution in [3.8, 4) is 0 Å².